The first-order chi connectivity index (χ1) is 14.0. The molecule has 3 aromatic rings. The molecule has 0 bridgehead atoms. The van der Waals surface area contributed by atoms with Gasteiger partial charge in [0, 0.05) is 38.4 Å². The highest BCUT2D eigenvalue weighted by atomic mass is 32.1. The zero-order chi connectivity index (χ0) is 21.0. The number of nitrogens with zero attached hydrogens (tertiary/aromatic N) is 9. The first-order valence-electron chi connectivity index (χ1n) is 9.84. The van der Waals surface area contributed by atoms with E-state index in [-0.39, 0.29) is 5.92 Å². The molecule has 0 aliphatic rings. The first kappa shape index (κ1) is 22.2. The van der Waals surface area contributed by atoms with E-state index in [4.69, 9.17) is 0 Å². The number of thiol groups is 3. The minimum atomic E-state index is 0.180. The van der Waals surface area contributed by atoms with Crippen LogP contribution in [-0.2, 0) is 32.5 Å². The molecule has 29 heavy (non-hydrogen) atoms. The third-order valence-corrected chi connectivity index (χ3v) is 6.11. The highest BCUT2D eigenvalue weighted by Gasteiger charge is 2.22. The minimum absolute atomic E-state index is 0.180. The summed E-state index contributed by atoms with van der Waals surface area (Å²) in [7, 11) is 0. The van der Waals surface area contributed by atoms with Crippen molar-refractivity contribution >= 4 is 37.9 Å². The summed E-state index contributed by atoms with van der Waals surface area (Å²) in [5.74, 6) is 3.00. The molecule has 0 amide bonds. The van der Waals surface area contributed by atoms with Crippen LogP contribution in [0.25, 0.3) is 0 Å². The van der Waals surface area contributed by atoms with Gasteiger partial charge < -0.3 is 13.7 Å². The average Bonchev–Trinajstić information content (AvgIpc) is 3.38. The fraction of sp³-hybridized carbons (Fsp3) is 0.647. The number of hydrogen-bond acceptors (Lipinski definition) is 9. The van der Waals surface area contributed by atoms with Crippen molar-refractivity contribution in [3.63, 3.8) is 0 Å². The van der Waals surface area contributed by atoms with E-state index >= 15 is 0 Å². The smallest absolute Gasteiger partial charge is 0.188 e. The molecule has 3 heterocycles. The maximum atomic E-state index is 4.46. The molecule has 3 rings (SSSR count). The van der Waals surface area contributed by atoms with Crippen molar-refractivity contribution in [3.05, 3.63) is 17.5 Å². The molecule has 0 N–H and O–H groups in total. The van der Waals surface area contributed by atoms with E-state index in [1.165, 1.54) is 0 Å². The van der Waals surface area contributed by atoms with Crippen molar-refractivity contribution in [1.82, 2.24) is 44.3 Å². The molecule has 0 fully saturated rings. The standard InChI is InChI=1S/C17H27N9S3/c1-4-24-12(18-21-15(24)27)9-7-11(14-20-23-17(29)26(14)6-3)8-10-13-19-22-16(28)25(13)5-2/h11H,4-10H2,1-3H3,(H,21,27)(H,22,28)(H,23,29). The molecule has 3 aromatic heterocycles. The molecular formula is C17H27N9S3. The van der Waals surface area contributed by atoms with E-state index < -0.39 is 0 Å². The van der Waals surface area contributed by atoms with Crippen molar-refractivity contribution in [2.75, 3.05) is 0 Å². The number of rotatable bonds is 10. The maximum absolute atomic E-state index is 4.46. The van der Waals surface area contributed by atoms with Crippen molar-refractivity contribution < 1.29 is 0 Å². The molecule has 0 aliphatic heterocycles. The van der Waals surface area contributed by atoms with Gasteiger partial charge in [0.1, 0.15) is 17.5 Å². The molecule has 0 saturated heterocycles. The lowest BCUT2D eigenvalue weighted by Gasteiger charge is -2.17. The van der Waals surface area contributed by atoms with Crippen LogP contribution in [0.5, 0.6) is 0 Å². The Balaban J connectivity index is 1.81. The maximum Gasteiger partial charge on any atom is 0.188 e. The predicted molar refractivity (Wildman–Crippen MR) is 118 cm³/mol. The average molecular weight is 454 g/mol. The Morgan fingerprint density at radius 2 is 1.03 bits per heavy atom. The third kappa shape index (κ3) is 4.80. The van der Waals surface area contributed by atoms with Crippen LogP contribution in [0.15, 0.2) is 15.5 Å². The molecule has 0 spiro atoms. The Kier molecular flexibility index (Phi) is 7.63. The summed E-state index contributed by atoms with van der Waals surface area (Å²) >= 11 is 13.2. The molecule has 0 aromatic carbocycles. The summed E-state index contributed by atoms with van der Waals surface area (Å²) in [5.41, 5.74) is 0. The van der Waals surface area contributed by atoms with E-state index in [1.54, 1.807) is 0 Å². The number of hydrogen-bond donors (Lipinski definition) is 3. The van der Waals surface area contributed by atoms with Crippen LogP contribution in [0.1, 0.15) is 57.0 Å². The SMILES string of the molecule is CCn1c(S)nnc1CCC(CCc1nnc(S)n1CC)c1nnc(S)n1CC. The van der Waals surface area contributed by atoms with Crippen molar-refractivity contribution in [1.29, 1.82) is 0 Å². The van der Waals surface area contributed by atoms with E-state index in [9.17, 15) is 0 Å². The van der Waals surface area contributed by atoms with Crippen molar-refractivity contribution in [2.45, 2.75) is 87.5 Å². The van der Waals surface area contributed by atoms with Crippen LogP contribution in [0.2, 0.25) is 0 Å². The van der Waals surface area contributed by atoms with Gasteiger partial charge in [0.15, 0.2) is 15.5 Å². The molecule has 12 heteroatoms. The van der Waals surface area contributed by atoms with E-state index in [0.717, 1.165) is 62.8 Å². The Morgan fingerprint density at radius 1 is 0.621 bits per heavy atom. The van der Waals surface area contributed by atoms with Crippen molar-refractivity contribution in [2.24, 2.45) is 0 Å². The Labute approximate surface area is 187 Å². The Hall–Kier alpha value is -1.53. The van der Waals surface area contributed by atoms with E-state index in [1.807, 2.05) is 9.13 Å². The Bertz CT molecular complexity index is 894. The van der Waals surface area contributed by atoms with Gasteiger partial charge >= 0.3 is 0 Å². The quantitative estimate of drug-likeness (QED) is 0.409. The van der Waals surface area contributed by atoms with Gasteiger partial charge in [0.25, 0.3) is 0 Å². The molecular weight excluding hydrogens is 426 g/mol. The predicted octanol–water partition coefficient (Wildman–Crippen LogP) is 2.74. The topological polar surface area (TPSA) is 92.1 Å². The molecule has 0 radical (unpaired) electrons. The van der Waals surface area contributed by atoms with E-state index in [0.29, 0.717) is 15.5 Å². The molecule has 9 nitrogen and oxygen atoms in total. The largest absolute Gasteiger partial charge is 0.307 e. The summed E-state index contributed by atoms with van der Waals surface area (Å²) in [6.07, 6.45) is 3.29. The van der Waals surface area contributed by atoms with Gasteiger partial charge in [-0.2, -0.15) is 0 Å². The van der Waals surface area contributed by atoms with Gasteiger partial charge in [0.05, 0.1) is 0 Å². The van der Waals surface area contributed by atoms with Crippen LogP contribution < -0.4 is 0 Å². The first-order valence-corrected chi connectivity index (χ1v) is 11.2. The molecule has 0 saturated carbocycles. The van der Waals surface area contributed by atoms with Gasteiger partial charge in [-0.05, 0) is 33.6 Å². The fourth-order valence-corrected chi connectivity index (χ4v) is 4.48. The summed E-state index contributed by atoms with van der Waals surface area (Å²) in [4.78, 5) is 0. The third-order valence-electron chi connectivity index (χ3n) is 5.12. The summed E-state index contributed by atoms with van der Waals surface area (Å²) in [6, 6.07) is 0. The highest BCUT2D eigenvalue weighted by molar-refractivity contribution is 7.80. The summed E-state index contributed by atoms with van der Waals surface area (Å²) in [5, 5.41) is 27.3. The lowest BCUT2D eigenvalue weighted by Crippen LogP contribution is -2.14. The van der Waals surface area contributed by atoms with Gasteiger partial charge in [-0.3, -0.25) is 0 Å². The van der Waals surface area contributed by atoms with Crippen LogP contribution in [-0.4, -0.2) is 44.3 Å². The van der Waals surface area contributed by atoms with Gasteiger partial charge in [-0.1, -0.05) is 0 Å². The van der Waals surface area contributed by atoms with Gasteiger partial charge in [0.2, 0.25) is 0 Å². The van der Waals surface area contributed by atoms with Crippen LogP contribution in [0.3, 0.4) is 0 Å². The summed E-state index contributed by atoms with van der Waals surface area (Å²) in [6.45, 7) is 8.57. The molecule has 0 aliphatic carbocycles. The number of aromatic nitrogens is 9. The fourth-order valence-electron chi connectivity index (χ4n) is 3.59. The molecule has 0 atom stereocenters. The lowest BCUT2D eigenvalue weighted by molar-refractivity contribution is 0.485. The zero-order valence-corrected chi connectivity index (χ0v) is 19.6. The molecule has 0 unspecified atom stereocenters. The Morgan fingerprint density at radius 3 is 1.48 bits per heavy atom. The van der Waals surface area contributed by atoms with Crippen molar-refractivity contribution in [3.8, 4) is 0 Å². The second-order valence-electron chi connectivity index (χ2n) is 6.70. The number of aryl methyl sites for hydroxylation is 2. The monoisotopic (exact) mass is 453 g/mol. The summed E-state index contributed by atoms with van der Waals surface area (Å²) < 4.78 is 6.10. The second kappa shape index (κ2) is 9.98. The van der Waals surface area contributed by atoms with Gasteiger partial charge in [-0.25, -0.2) is 0 Å². The minimum Gasteiger partial charge on any atom is -0.307 e. The second-order valence-corrected chi connectivity index (χ2v) is 7.90. The zero-order valence-electron chi connectivity index (χ0n) is 16.9. The van der Waals surface area contributed by atoms with E-state index in [2.05, 4.69) is 93.8 Å². The lowest BCUT2D eigenvalue weighted by atomic mass is 9.96. The highest BCUT2D eigenvalue weighted by Crippen LogP contribution is 2.27. The molecule has 158 valence electrons. The van der Waals surface area contributed by atoms with Crippen LogP contribution in [0, 0.1) is 0 Å². The van der Waals surface area contributed by atoms with Crippen LogP contribution >= 0.6 is 37.9 Å². The normalized spacial score (nSPS) is 11.7. The van der Waals surface area contributed by atoms with Crippen LogP contribution in [0.4, 0.5) is 0 Å². The van der Waals surface area contributed by atoms with Gasteiger partial charge in [-0.15, -0.1) is 68.5 Å².